The van der Waals surface area contributed by atoms with Crippen LogP contribution in [0.4, 0.5) is 0 Å². The predicted octanol–water partition coefficient (Wildman–Crippen LogP) is 1.54. The highest BCUT2D eigenvalue weighted by Gasteiger charge is 1.91. The topological polar surface area (TPSA) is 35.3 Å². The Hall–Kier alpha value is -0.100. The Kier molecular flexibility index (Phi) is 2.28. The van der Waals surface area contributed by atoms with Crippen molar-refractivity contribution in [2.24, 2.45) is 0 Å². The van der Waals surface area contributed by atoms with Crippen LogP contribution in [0.15, 0.2) is 17.0 Å². The first-order valence-electron chi connectivity index (χ1n) is 2.04. The van der Waals surface area contributed by atoms with Crippen molar-refractivity contribution < 1.29 is 7.48 Å². The van der Waals surface area contributed by atoms with Gasteiger partial charge in [0.15, 0.2) is 12.2 Å². The Bertz CT molecular complexity index is 140. The lowest BCUT2D eigenvalue weighted by Crippen LogP contribution is -1.75. The molecule has 0 aliphatic carbocycles. The third-order valence-corrected chi connectivity index (χ3v) is 0.992. The minimum atomic E-state index is 0.487. The molecule has 0 saturated heterocycles. The molecule has 0 unspecified atom stereocenters. The van der Waals surface area contributed by atoms with E-state index in [1.807, 2.05) is 0 Å². The third kappa shape index (κ3) is 1.45. The Morgan fingerprint density at radius 1 is 1.88 bits per heavy atom. The summed E-state index contributed by atoms with van der Waals surface area (Å²) in [5.41, 5.74) is 0. The van der Waals surface area contributed by atoms with E-state index in [0.717, 1.165) is 5.76 Å². The molecule has 8 heavy (non-hydrogen) atoms. The summed E-state index contributed by atoms with van der Waals surface area (Å²) in [6.45, 7) is 0.487. The summed E-state index contributed by atoms with van der Waals surface area (Å²) >= 11 is 1.80. The van der Waals surface area contributed by atoms with Crippen LogP contribution in [0.2, 0.25) is 0 Å². The maximum Gasteiger partial charge on any atom is 0.180 e. The van der Waals surface area contributed by atoms with E-state index in [-0.39, 0.29) is 0 Å². The molecule has 0 aliphatic rings. The van der Waals surface area contributed by atoms with Crippen molar-refractivity contribution in [3.8, 4) is 0 Å². The molecule has 1 aromatic heterocycles. The van der Waals surface area contributed by atoms with Gasteiger partial charge < -0.3 is 7.48 Å². The molecule has 0 saturated carbocycles. The maximum absolute atomic E-state index is 4.83. The second-order valence-electron chi connectivity index (χ2n) is 1.22. The van der Waals surface area contributed by atoms with E-state index >= 15 is 0 Å². The molecule has 0 atom stereocenters. The second kappa shape index (κ2) is 3.03. The van der Waals surface area contributed by atoms with E-state index < -0.39 is 0 Å². The Labute approximate surface area is 60.7 Å². The van der Waals surface area contributed by atoms with E-state index in [2.05, 4.69) is 4.98 Å². The Balaban J connectivity index is 2.50. The molecule has 0 amide bonds. The first-order valence-corrected chi connectivity index (χ1v) is 2.92. The van der Waals surface area contributed by atoms with Crippen LogP contribution in [0.3, 0.4) is 0 Å². The van der Waals surface area contributed by atoms with Gasteiger partial charge in [-0.15, -0.1) is 0 Å². The maximum atomic E-state index is 4.83. The zero-order valence-electron chi connectivity index (χ0n) is 4.00. The Morgan fingerprint density at radius 3 is 3.25 bits per heavy atom. The zero-order valence-corrected chi connectivity index (χ0v) is 6.16. The molecule has 0 fully saturated rings. The normalized spacial score (nSPS) is 9.62. The van der Waals surface area contributed by atoms with Crippen LogP contribution in [0, 0.1) is 0 Å². The van der Waals surface area contributed by atoms with Gasteiger partial charge in [-0.1, -0.05) is 0 Å². The smallest absolute Gasteiger partial charge is 0.180 e. The van der Waals surface area contributed by atoms with Crippen LogP contribution in [0.1, 0.15) is 5.76 Å². The van der Waals surface area contributed by atoms with Gasteiger partial charge in [-0.25, -0.2) is 4.98 Å². The minimum Gasteiger partial charge on any atom is -0.446 e. The number of halogens is 1. The first kappa shape index (κ1) is 6.03. The van der Waals surface area contributed by atoms with Crippen molar-refractivity contribution in [1.82, 2.24) is 4.98 Å². The van der Waals surface area contributed by atoms with Crippen LogP contribution >= 0.6 is 23.0 Å². The van der Waals surface area contributed by atoms with E-state index in [4.69, 9.17) is 7.48 Å². The molecular formula is C4H4INO2. The standard InChI is InChI=1S/C4H4INO2/c5-8-2-4-1-6-3-7-4/h1,3H,2H2. The summed E-state index contributed by atoms with van der Waals surface area (Å²) in [6.07, 6.45) is 3.00. The monoisotopic (exact) mass is 225 g/mol. The summed E-state index contributed by atoms with van der Waals surface area (Å²) in [4.78, 5) is 3.69. The fourth-order valence-corrected chi connectivity index (χ4v) is 0.674. The SMILES string of the molecule is IOCc1cnco1. The van der Waals surface area contributed by atoms with Gasteiger partial charge in [0.25, 0.3) is 0 Å². The largest absolute Gasteiger partial charge is 0.446 e. The fraction of sp³-hybridized carbons (Fsp3) is 0.250. The molecule has 3 nitrogen and oxygen atoms in total. The average molecular weight is 225 g/mol. The number of hydrogen-bond donors (Lipinski definition) is 0. The van der Waals surface area contributed by atoms with Gasteiger partial charge in [0.1, 0.15) is 29.6 Å². The highest BCUT2D eigenvalue weighted by Crippen LogP contribution is 2.00. The van der Waals surface area contributed by atoms with Crippen molar-refractivity contribution in [3.63, 3.8) is 0 Å². The molecule has 0 aromatic carbocycles. The lowest BCUT2D eigenvalue weighted by Gasteiger charge is -1.84. The van der Waals surface area contributed by atoms with E-state index in [1.54, 1.807) is 29.2 Å². The van der Waals surface area contributed by atoms with Gasteiger partial charge >= 0.3 is 0 Å². The van der Waals surface area contributed by atoms with Crippen molar-refractivity contribution in [2.75, 3.05) is 0 Å². The molecule has 0 N–H and O–H groups in total. The molecule has 4 heteroatoms. The fourth-order valence-electron chi connectivity index (χ4n) is 0.367. The third-order valence-electron chi connectivity index (χ3n) is 0.680. The van der Waals surface area contributed by atoms with Crippen LogP contribution in [-0.4, -0.2) is 4.98 Å². The molecular weight excluding hydrogens is 221 g/mol. The number of nitrogens with zero attached hydrogens (tertiary/aromatic N) is 1. The van der Waals surface area contributed by atoms with Crippen molar-refractivity contribution in [3.05, 3.63) is 18.4 Å². The molecule has 44 valence electrons. The second-order valence-corrected chi connectivity index (χ2v) is 1.84. The van der Waals surface area contributed by atoms with Gasteiger partial charge in [0, 0.05) is 0 Å². The van der Waals surface area contributed by atoms with Crippen LogP contribution in [0.5, 0.6) is 0 Å². The highest BCUT2D eigenvalue weighted by molar-refractivity contribution is 14.1. The summed E-state index contributed by atoms with van der Waals surface area (Å²) in [6, 6.07) is 0. The molecule has 0 aliphatic heterocycles. The average Bonchev–Trinajstić information content (AvgIpc) is 2.19. The Morgan fingerprint density at radius 2 is 2.75 bits per heavy atom. The number of aromatic nitrogens is 1. The minimum absolute atomic E-state index is 0.487. The van der Waals surface area contributed by atoms with Crippen LogP contribution < -0.4 is 0 Å². The van der Waals surface area contributed by atoms with Crippen molar-refractivity contribution in [1.29, 1.82) is 0 Å². The lowest BCUT2D eigenvalue weighted by molar-refractivity contribution is 0.352. The van der Waals surface area contributed by atoms with Gasteiger partial charge in [-0.2, -0.15) is 0 Å². The van der Waals surface area contributed by atoms with Crippen LogP contribution in [-0.2, 0) is 9.67 Å². The van der Waals surface area contributed by atoms with Gasteiger partial charge in [0.2, 0.25) is 0 Å². The first-order chi connectivity index (χ1) is 3.93. The summed E-state index contributed by atoms with van der Waals surface area (Å²) < 4.78 is 9.56. The zero-order chi connectivity index (χ0) is 5.82. The van der Waals surface area contributed by atoms with Gasteiger partial charge in [-0.05, 0) is 0 Å². The van der Waals surface area contributed by atoms with E-state index in [0.29, 0.717) is 6.61 Å². The van der Waals surface area contributed by atoms with Gasteiger partial charge in [-0.3, -0.25) is 0 Å². The molecule has 1 aromatic rings. The van der Waals surface area contributed by atoms with E-state index in [9.17, 15) is 0 Å². The summed E-state index contributed by atoms with van der Waals surface area (Å²) in [5.74, 6) is 0.749. The van der Waals surface area contributed by atoms with Gasteiger partial charge in [0.05, 0.1) is 6.20 Å². The molecule has 0 spiro atoms. The number of rotatable bonds is 2. The number of hydrogen-bond acceptors (Lipinski definition) is 3. The molecule has 1 rings (SSSR count). The van der Waals surface area contributed by atoms with E-state index in [1.165, 1.54) is 6.39 Å². The summed E-state index contributed by atoms with van der Waals surface area (Å²) in [7, 11) is 0. The molecule has 0 radical (unpaired) electrons. The molecule has 1 heterocycles. The summed E-state index contributed by atoms with van der Waals surface area (Å²) in [5, 5.41) is 0. The highest BCUT2D eigenvalue weighted by atomic mass is 127. The van der Waals surface area contributed by atoms with Crippen molar-refractivity contribution in [2.45, 2.75) is 6.61 Å². The van der Waals surface area contributed by atoms with Crippen molar-refractivity contribution >= 4 is 23.0 Å². The molecule has 0 bridgehead atoms. The number of oxazole rings is 1. The lowest BCUT2D eigenvalue weighted by atomic mass is 10.6. The predicted molar refractivity (Wildman–Crippen MR) is 35.3 cm³/mol. The van der Waals surface area contributed by atoms with Crippen LogP contribution in [0.25, 0.3) is 0 Å². The quantitative estimate of drug-likeness (QED) is 0.716.